The first-order chi connectivity index (χ1) is 8.21. The Kier molecular flexibility index (Phi) is 4.28. The maximum Gasteiger partial charge on any atom is 0.416 e. The van der Waals surface area contributed by atoms with Gasteiger partial charge in [-0.2, -0.15) is 23.5 Å². The van der Waals surface area contributed by atoms with Gasteiger partial charge in [0.15, 0.2) is 5.69 Å². The van der Waals surface area contributed by atoms with E-state index in [1.807, 2.05) is 0 Å². The largest absolute Gasteiger partial charge is 0.595 e. The summed E-state index contributed by atoms with van der Waals surface area (Å²) in [6.07, 6.45) is -4.58. The molecular formula is C10H12F3N3O2. The van der Waals surface area contributed by atoms with Crippen molar-refractivity contribution in [2.24, 2.45) is 5.10 Å². The number of nitrogens with one attached hydrogen (secondary N) is 2. The van der Waals surface area contributed by atoms with E-state index >= 15 is 0 Å². The number of halogens is 3. The molecule has 1 aromatic rings. The van der Waals surface area contributed by atoms with E-state index in [0.717, 1.165) is 12.1 Å². The Labute approximate surface area is 101 Å². The van der Waals surface area contributed by atoms with Crippen LogP contribution in [0.5, 0.6) is 0 Å². The zero-order valence-corrected chi connectivity index (χ0v) is 9.67. The van der Waals surface area contributed by atoms with Gasteiger partial charge in [-0.1, -0.05) is 0 Å². The van der Waals surface area contributed by atoms with Gasteiger partial charge in [0.25, 0.3) is 0 Å². The second-order valence-corrected chi connectivity index (χ2v) is 3.73. The third-order valence-corrected chi connectivity index (χ3v) is 1.98. The number of hydrogen-bond donors (Lipinski definition) is 3. The molecule has 1 aromatic carbocycles. The van der Waals surface area contributed by atoms with E-state index in [-0.39, 0.29) is 5.69 Å². The Morgan fingerprint density at radius 1 is 1.39 bits per heavy atom. The van der Waals surface area contributed by atoms with Gasteiger partial charge in [0.2, 0.25) is 0 Å². The first-order valence-corrected chi connectivity index (χ1v) is 4.93. The van der Waals surface area contributed by atoms with Crippen molar-refractivity contribution in [2.75, 3.05) is 5.43 Å². The molecule has 1 unspecified atom stereocenters. The highest BCUT2D eigenvalue weighted by Gasteiger charge is 2.32. The Balaban J connectivity index is 3.17. The van der Waals surface area contributed by atoms with Crippen LogP contribution in [-0.4, -0.2) is 10.9 Å². The highest BCUT2D eigenvalue weighted by atomic mass is 19.4. The van der Waals surface area contributed by atoms with E-state index in [1.54, 1.807) is 13.8 Å². The van der Waals surface area contributed by atoms with Gasteiger partial charge in [0, 0.05) is 11.8 Å². The summed E-state index contributed by atoms with van der Waals surface area (Å²) in [5.74, 6) is 0. The maximum absolute atomic E-state index is 12.4. The molecule has 0 aliphatic rings. The molecule has 3 N–H and O–H groups in total. The molecule has 0 aliphatic carbocycles. The highest BCUT2D eigenvalue weighted by molar-refractivity contribution is 5.80. The summed E-state index contributed by atoms with van der Waals surface area (Å²) in [7, 11) is 0. The molecule has 0 saturated carbocycles. The number of rotatable bonds is 3. The molecule has 0 saturated heterocycles. The Hall–Kier alpha value is -1.64. The lowest BCUT2D eigenvalue weighted by Gasteiger charge is -2.17. The van der Waals surface area contributed by atoms with E-state index in [4.69, 9.17) is 5.21 Å². The SMILES string of the molecule is CC(C)=NNc1ccc(C(F)(F)F)cc1[NH+]([O-])O. The summed E-state index contributed by atoms with van der Waals surface area (Å²) in [6.45, 7) is 3.33. The van der Waals surface area contributed by atoms with E-state index in [2.05, 4.69) is 10.5 Å². The highest BCUT2D eigenvalue weighted by Crippen LogP contribution is 2.32. The Morgan fingerprint density at radius 2 is 2.00 bits per heavy atom. The van der Waals surface area contributed by atoms with Crippen LogP contribution in [0.15, 0.2) is 23.3 Å². The molecule has 0 fully saturated rings. The lowest BCUT2D eigenvalue weighted by atomic mass is 10.1. The molecule has 0 amide bonds. The van der Waals surface area contributed by atoms with Crippen LogP contribution in [0.2, 0.25) is 0 Å². The number of hydrogen-bond acceptors (Lipinski definition) is 4. The average molecular weight is 263 g/mol. The van der Waals surface area contributed by atoms with Gasteiger partial charge in [-0.25, -0.2) is 5.21 Å². The number of hydrazone groups is 1. The summed E-state index contributed by atoms with van der Waals surface area (Å²) < 4.78 is 37.3. The summed E-state index contributed by atoms with van der Waals surface area (Å²) in [5.41, 5.74) is 1.55. The zero-order chi connectivity index (χ0) is 13.9. The van der Waals surface area contributed by atoms with Crippen LogP contribution in [0.3, 0.4) is 0 Å². The van der Waals surface area contributed by atoms with Crippen molar-refractivity contribution in [3.05, 3.63) is 29.0 Å². The molecular weight excluding hydrogens is 251 g/mol. The summed E-state index contributed by atoms with van der Waals surface area (Å²) >= 11 is 0. The van der Waals surface area contributed by atoms with E-state index < -0.39 is 22.7 Å². The van der Waals surface area contributed by atoms with Crippen molar-refractivity contribution in [3.63, 3.8) is 0 Å². The fourth-order valence-corrected chi connectivity index (χ4v) is 1.17. The second kappa shape index (κ2) is 5.34. The van der Waals surface area contributed by atoms with Gasteiger partial charge in [0.1, 0.15) is 5.69 Å². The van der Waals surface area contributed by atoms with E-state index in [0.29, 0.717) is 11.8 Å². The predicted octanol–water partition coefficient (Wildman–Crippen LogP) is 1.92. The maximum atomic E-state index is 12.4. The van der Waals surface area contributed by atoms with Crippen LogP contribution >= 0.6 is 0 Å². The lowest BCUT2D eigenvalue weighted by Crippen LogP contribution is -2.99. The van der Waals surface area contributed by atoms with E-state index in [9.17, 15) is 18.4 Å². The van der Waals surface area contributed by atoms with Gasteiger partial charge in [-0.05, 0) is 26.0 Å². The fourth-order valence-electron chi connectivity index (χ4n) is 1.17. The lowest BCUT2D eigenvalue weighted by molar-refractivity contribution is -0.990. The first-order valence-electron chi connectivity index (χ1n) is 4.93. The molecule has 1 rings (SSSR count). The molecule has 8 heteroatoms. The molecule has 100 valence electrons. The van der Waals surface area contributed by atoms with Crippen molar-refractivity contribution in [3.8, 4) is 0 Å². The molecule has 0 aliphatic heterocycles. The molecule has 0 bridgehead atoms. The topological polar surface area (TPSA) is 72.1 Å². The van der Waals surface area contributed by atoms with Crippen molar-refractivity contribution >= 4 is 17.1 Å². The third kappa shape index (κ3) is 3.69. The van der Waals surface area contributed by atoms with E-state index in [1.165, 1.54) is 0 Å². The van der Waals surface area contributed by atoms with Gasteiger partial charge in [-0.3, -0.25) is 5.43 Å². The number of nitrogens with zero attached hydrogens (tertiary/aromatic N) is 1. The number of anilines is 1. The van der Waals surface area contributed by atoms with Crippen molar-refractivity contribution in [1.29, 1.82) is 0 Å². The van der Waals surface area contributed by atoms with Crippen LogP contribution in [0.25, 0.3) is 0 Å². The minimum absolute atomic E-state index is 0.0108. The number of quaternary nitrogens is 1. The normalized spacial score (nSPS) is 13.1. The molecule has 0 heterocycles. The summed E-state index contributed by atoms with van der Waals surface area (Å²) in [4.78, 5) is 0. The summed E-state index contributed by atoms with van der Waals surface area (Å²) in [6, 6.07) is 2.42. The third-order valence-electron chi connectivity index (χ3n) is 1.98. The molecule has 5 nitrogen and oxygen atoms in total. The standard InChI is InChI=1S/C10H12F3N3O2/c1-6(2)14-15-8-4-3-7(10(11,12)13)5-9(8)16(17)18/h3-5,15-17H,1-2H3. The molecule has 1 atom stereocenters. The van der Waals surface area contributed by atoms with Gasteiger partial charge in [0.05, 0.1) is 5.56 Å². The van der Waals surface area contributed by atoms with Gasteiger partial charge < -0.3 is 5.21 Å². The first kappa shape index (κ1) is 14.4. The minimum Gasteiger partial charge on any atom is -0.595 e. The molecule has 0 spiro atoms. The van der Waals surface area contributed by atoms with Gasteiger partial charge in [-0.15, -0.1) is 0 Å². The van der Waals surface area contributed by atoms with Crippen molar-refractivity contribution < 1.29 is 23.6 Å². The molecule has 0 radical (unpaired) electrons. The van der Waals surface area contributed by atoms with Crippen LogP contribution in [-0.2, 0) is 6.18 Å². The Morgan fingerprint density at radius 3 is 2.44 bits per heavy atom. The van der Waals surface area contributed by atoms with Crippen LogP contribution in [0, 0.1) is 5.21 Å². The second-order valence-electron chi connectivity index (χ2n) is 3.73. The average Bonchev–Trinajstić information content (AvgIpc) is 2.24. The van der Waals surface area contributed by atoms with Crippen molar-refractivity contribution in [1.82, 2.24) is 0 Å². The number of benzene rings is 1. The van der Waals surface area contributed by atoms with Crippen LogP contribution < -0.4 is 10.7 Å². The predicted molar refractivity (Wildman–Crippen MR) is 59.6 cm³/mol. The van der Waals surface area contributed by atoms with Gasteiger partial charge >= 0.3 is 6.18 Å². The minimum atomic E-state index is -4.58. The number of alkyl halides is 3. The van der Waals surface area contributed by atoms with Crippen LogP contribution in [0.1, 0.15) is 19.4 Å². The quantitative estimate of drug-likeness (QED) is 0.576. The fraction of sp³-hybridized carbons (Fsp3) is 0.300. The van der Waals surface area contributed by atoms with Crippen LogP contribution in [0.4, 0.5) is 24.5 Å². The summed E-state index contributed by atoms with van der Waals surface area (Å²) in [5, 5.41) is 22.1. The Bertz CT molecular complexity index is 454. The monoisotopic (exact) mass is 263 g/mol. The zero-order valence-electron chi connectivity index (χ0n) is 9.67. The molecule has 18 heavy (non-hydrogen) atoms. The smallest absolute Gasteiger partial charge is 0.416 e. The molecule has 0 aromatic heterocycles. The van der Waals surface area contributed by atoms with Crippen molar-refractivity contribution in [2.45, 2.75) is 20.0 Å².